The van der Waals surface area contributed by atoms with Gasteiger partial charge in [-0.3, -0.25) is 0 Å². The third-order valence-electron chi connectivity index (χ3n) is 2.95. The Morgan fingerprint density at radius 2 is 2.20 bits per heavy atom. The van der Waals surface area contributed by atoms with Crippen molar-refractivity contribution < 1.29 is 4.74 Å². The van der Waals surface area contributed by atoms with E-state index in [-0.39, 0.29) is 6.10 Å². The van der Waals surface area contributed by atoms with E-state index in [0.29, 0.717) is 17.5 Å². The highest BCUT2D eigenvalue weighted by Crippen LogP contribution is 2.40. The highest BCUT2D eigenvalue weighted by Gasteiger charge is 2.28. The van der Waals surface area contributed by atoms with Crippen molar-refractivity contribution in [1.29, 1.82) is 0 Å². The molecule has 20 heavy (non-hydrogen) atoms. The largest absolute Gasteiger partial charge is 0.489 e. The van der Waals surface area contributed by atoms with Crippen LogP contribution in [0.25, 0.3) is 0 Å². The van der Waals surface area contributed by atoms with Crippen molar-refractivity contribution in [2.24, 2.45) is 0 Å². The second-order valence-electron chi connectivity index (χ2n) is 5.07. The molecule has 1 fully saturated rings. The number of rotatable bonds is 5. The van der Waals surface area contributed by atoms with Gasteiger partial charge in [0.05, 0.1) is 17.8 Å². The number of ether oxygens (including phenoxy) is 1. The number of anilines is 1. The molecule has 0 saturated heterocycles. The predicted molar refractivity (Wildman–Crippen MR) is 76.8 cm³/mol. The topological polar surface area (TPSA) is 78.9 Å². The summed E-state index contributed by atoms with van der Waals surface area (Å²) in [4.78, 5) is 0.917. The second-order valence-corrected chi connectivity index (χ2v) is 6.08. The van der Waals surface area contributed by atoms with Gasteiger partial charge in [-0.05, 0) is 61.0 Å². The van der Waals surface area contributed by atoms with Crippen molar-refractivity contribution in [2.45, 2.75) is 48.9 Å². The minimum absolute atomic E-state index is 0.0920. The monoisotopic (exact) mass is 291 g/mol. The first-order chi connectivity index (χ1) is 9.65. The van der Waals surface area contributed by atoms with Crippen molar-refractivity contribution in [3.8, 4) is 5.75 Å². The molecule has 1 aromatic carbocycles. The summed E-state index contributed by atoms with van der Waals surface area (Å²) in [6.07, 6.45) is 2.38. The smallest absolute Gasteiger partial charge is 0.214 e. The minimum Gasteiger partial charge on any atom is -0.489 e. The molecule has 1 aromatic heterocycles. The summed E-state index contributed by atoms with van der Waals surface area (Å²) in [6.45, 7) is 3.96. The van der Waals surface area contributed by atoms with Crippen molar-refractivity contribution >= 4 is 17.4 Å². The number of benzene rings is 1. The standard InChI is InChI=1S/C13H17N5OS/c1-8(2)19-10-4-3-5-11(12(10)14)20-13-15-16-17-18(13)9-6-7-9/h3-5,8-9H,6-7,14H2,1-2H3. The third kappa shape index (κ3) is 2.72. The van der Waals surface area contributed by atoms with E-state index >= 15 is 0 Å². The number of nitrogens with zero attached hydrogens (tertiary/aromatic N) is 4. The molecule has 7 heteroatoms. The first-order valence-electron chi connectivity index (χ1n) is 6.66. The molecule has 1 heterocycles. The van der Waals surface area contributed by atoms with Crippen LogP contribution in [0.15, 0.2) is 28.3 Å². The fraction of sp³-hybridized carbons (Fsp3) is 0.462. The van der Waals surface area contributed by atoms with Crippen LogP contribution < -0.4 is 10.5 Å². The van der Waals surface area contributed by atoms with E-state index in [9.17, 15) is 0 Å². The Morgan fingerprint density at radius 3 is 2.90 bits per heavy atom. The Hall–Kier alpha value is -1.76. The lowest BCUT2D eigenvalue weighted by molar-refractivity contribution is 0.243. The number of nitrogen functional groups attached to an aromatic ring is 1. The van der Waals surface area contributed by atoms with Gasteiger partial charge in [0, 0.05) is 4.90 Å². The zero-order valence-electron chi connectivity index (χ0n) is 11.5. The Morgan fingerprint density at radius 1 is 1.40 bits per heavy atom. The number of hydrogen-bond acceptors (Lipinski definition) is 6. The summed E-state index contributed by atoms with van der Waals surface area (Å²) in [6, 6.07) is 6.22. The van der Waals surface area contributed by atoms with Gasteiger partial charge in [-0.2, -0.15) is 0 Å². The molecule has 106 valence electrons. The molecule has 0 aliphatic heterocycles. The van der Waals surface area contributed by atoms with E-state index in [1.54, 1.807) is 0 Å². The fourth-order valence-electron chi connectivity index (χ4n) is 1.87. The Labute approximate surface area is 121 Å². The van der Waals surface area contributed by atoms with Gasteiger partial charge in [-0.1, -0.05) is 6.07 Å². The number of hydrogen-bond donors (Lipinski definition) is 1. The predicted octanol–water partition coefficient (Wildman–Crippen LogP) is 2.53. The van der Waals surface area contributed by atoms with Gasteiger partial charge in [0.2, 0.25) is 5.16 Å². The van der Waals surface area contributed by atoms with E-state index in [1.807, 2.05) is 36.7 Å². The van der Waals surface area contributed by atoms with Gasteiger partial charge < -0.3 is 10.5 Å². The van der Waals surface area contributed by atoms with Crippen LogP contribution in [0.3, 0.4) is 0 Å². The molecule has 0 amide bonds. The van der Waals surface area contributed by atoms with Gasteiger partial charge in [0.15, 0.2) is 0 Å². The van der Waals surface area contributed by atoms with Crippen molar-refractivity contribution in [2.75, 3.05) is 5.73 Å². The zero-order chi connectivity index (χ0) is 14.1. The number of nitrogens with two attached hydrogens (primary N) is 1. The molecule has 0 radical (unpaired) electrons. The van der Waals surface area contributed by atoms with Crippen LogP contribution in [0.5, 0.6) is 5.75 Å². The highest BCUT2D eigenvalue weighted by atomic mass is 32.2. The Bertz CT molecular complexity index is 609. The van der Waals surface area contributed by atoms with Crippen LogP contribution in [-0.4, -0.2) is 26.3 Å². The van der Waals surface area contributed by atoms with Gasteiger partial charge in [-0.15, -0.1) is 5.10 Å². The molecule has 3 rings (SSSR count). The van der Waals surface area contributed by atoms with Crippen molar-refractivity contribution in [1.82, 2.24) is 20.2 Å². The van der Waals surface area contributed by atoms with Crippen LogP contribution >= 0.6 is 11.8 Å². The summed E-state index contributed by atoms with van der Waals surface area (Å²) in [5.74, 6) is 0.704. The van der Waals surface area contributed by atoms with Gasteiger partial charge in [-0.25, -0.2) is 4.68 Å². The molecule has 6 nitrogen and oxygen atoms in total. The van der Waals surface area contributed by atoms with Crippen LogP contribution in [0.2, 0.25) is 0 Å². The Balaban J connectivity index is 1.85. The summed E-state index contributed by atoms with van der Waals surface area (Å²) in [5, 5.41) is 12.6. The first-order valence-corrected chi connectivity index (χ1v) is 7.47. The molecule has 1 aliphatic carbocycles. The van der Waals surface area contributed by atoms with Crippen LogP contribution in [0.1, 0.15) is 32.7 Å². The lowest BCUT2D eigenvalue weighted by Gasteiger charge is -2.14. The molecule has 1 aliphatic rings. The summed E-state index contributed by atoms with van der Waals surface area (Å²) in [7, 11) is 0. The maximum Gasteiger partial charge on any atom is 0.214 e. The third-order valence-corrected chi connectivity index (χ3v) is 3.97. The van der Waals surface area contributed by atoms with E-state index in [4.69, 9.17) is 10.5 Å². The lowest BCUT2D eigenvalue weighted by atomic mass is 10.3. The molecular formula is C13H17N5OS. The average molecular weight is 291 g/mol. The van der Waals surface area contributed by atoms with Crippen LogP contribution in [0.4, 0.5) is 5.69 Å². The molecule has 0 unspecified atom stereocenters. The van der Waals surface area contributed by atoms with E-state index in [1.165, 1.54) is 11.8 Å². The first kappa shape index (κ1) is 13.2. The Kier molecular flexibility index (Phi) is 3.52. The highest BCUT2D eigenvalue weighted by molar-refractivity contribution is 7.99. The fourth-order valence-corrected chi connectivity index (χ4v) is 2.78. The number of aromatic nitrogens is 4. The van der Waals surface area contributed by atoms with Crippen molar-refractivity contribution in [3.63, 3.8) is 0 Å². The average Bonchev–Trinajstić information content (AvgIpc) is 3.14. The normalized spacial score (nSPS) is 14.8. The van der Waals surface area contributed by atoms with Crippen molar-refractivity contribution in [3.05, 3.63) is 18.2 Å². The molecule has 2 aromatic rings. The molecule has 2 N–H and O–H groups in total. The molecule has 0 atom stereocenters. The van der Waals surface area contributed by atoms with Crippen LogP contribution in [0, 0.1) is 0 Å². The van der Waals surface area contributed by atoms with E-state index in [2.05, 4.69) is 15.5 Å². The molecule has 1 saturated carbocycles. The van der Waals surface area contributed by atoms with E-state index < -0.39 is 0 Å². The summed E-state index contributed by atoms with van der Waals surface area (Å²) < 4.78 is 7.57. The number of tetrazole rings is 1. The van der Waals surface area contributed by atoms with Gasteiger partial charge in [0.25, 0.3) is 0 Å². The minimum atomic E-state index is 0.0920. The SMILES string of the molecule is CC(C)Oc1cccc(Sc2nnnn2C2CC2)c1N. The molecule has 0 bridgehead atoms. The summed E-state index contributed by atoms with van der Waals surface area (Å²) in [5.41, 5.74) is 6.80. The quantitative estimate of drug-likeness (QED) is 0.853. The van der Waals surface area contributed by atoms with E-state index in [0.717, 1.165) is 22.9 Å². The van der Waals surface area contributed by atoms with Crippen LogP contribution in [-0.2, 0) is 0 Å². The molecular weight excluding hydrogens is 274 g/mol. The van der Waals surface area contributed by atoms with Gasteiger partial charge >= 0.3 is 0 Å². The second kappa shape index (κ2) is 5.32. The zero-order valence-corrected chi connectivity index (χ0v) is 12.3. The molecule has 0 spiro atoms. The van der Waals surface area contributed by atoms with Gasteiger partial charge in [0.1, 0.15) is 5.75 Å². The maximum atomic E-state index is 6.17. The maximum absolute atomic E-state index is 6.17. The number of para-hydroxylation sites is 1. The summed E-state index contributed by atoms with van der Waals surface area (Å²) >= 11 is 1.48. The lowest BCUT2D eigenvalue weighted by Crippen LogP contribution is -2.08.